The molecule has 0 aromatic carbocycles. The van der Waals surface area contributed by atoms with Crippen LogP contribution in [-0.2, 0) is 13.5 Å². The highest BCUT2D eigenvalue weighted by Crippen LogP contribution is 2.31. The molecule has 7 heteroatoms. The molecule has 2 N–H and O–H groups in total. The van der Waals surface area contributed by atoms with Gasteiger partial charge in [-0.1, -0.05) is 0 Å². The number of carbonyl (C=O) groups excluding carboxylic acids is 1. The number of rotatable bonds is 4. The van der Waals surface area contributed by atoms with Gasteiger partial charge in [-0.15, -0.1) is 10.2 Å². The van der Waals surface area contributed by atoms with Crippen LogP contribution in [0.15, 0.2) is 18.3 Å². The van der Waals surface area contributed by atoms with E-state index in [1.165, 1.54) is 11.3 Å². The zero-order valence-electron chi connectivity index (χ0n) is 12.8. The molecule has 1 aliphatic carbocycles. The molecule has 116 valence electrons. The van der Waals surface area contributed by atoms with E-state index >= 15 is 0 Å². The summed E-state index contributed by atoms with van der Waals surface area (Å²) in [6, 6.07) is 3.68. The van der Waals surface area contributed by atoms with Crippen molar-refractivity contribution in [2.45, 2.75) is 32.2 Å². The summed E-state index contributed by atoms with van der Waals surface area (Å²) in [5.74, 6) is 0.475. The van der Waals surface area contributed by atoms with E-state index in [9.17, 15) is 4.79 Å². The third kappa shape index (κ3) is 2.79. The quantitative estimate of drug-likeness (QED) is 0.892. The van der Waals surface area contributed by atoms with Gasteiger partial charge in [0.15, 0.2) is 5.69 Å². The Kier molecular flexibility index (Phi) is 4.04. The molecule has 22 heavy (non-hydrogen) atoms. The van der Waals surface area contributed by atoms with Crippen molar-refractivity contribution in [1.29, 1.82) is 0 Å². The SMILES string of the molecule is CCNC(=O)c1ccc(NC2CCCc3c2cnn3C)nn1. The van der Waals surface area contributed by atoms with Gasteiger partial charge in [-0.05, 0) is 38.3 Å². The molecule has 0 saturated heterocycles. The van der Waals surface area contributed by atoms with Crippen molar-refractivity contribution in [3.8, 4) is 0 Å². The molecule has 1 atom stereocenters. The second-order valence-electron chi connectivity index (χ2n) is 5.42. The van der Waals surface area contributed by atoms with Gasteiger partial charge in [-0.3, -0.25) is 9.48 Å². The number of hydrogen-bond acceptors (Lipinski definition) is 5. The lowest BCUT2D eigenvalue weighted by Gasteiger charge is -2.24. The number of fused-ring (bicyclic) bond motifs is 1. The van der Waals surface area contributed by atoms with E-state index in [2.05, 4.69) is 25.9 Å². The fourth-order valence-corrected chi connectivity index (χ4v) is 2.82. The molecule has 1 aliphatic rings. The summed E-state index contributed by atoms with van der Waals surface area (Å²) < 4.78 is 1.94. The third-order valence-corrected chi connectivity index (χ3v) is 3.93. The summed E-state index contributed by atoms with van der Waals surface area (Å²) in [6.45, 7) is 2.45. The summed E-state index contributed by atoms with van der Waals surface area (Å²) in [6.07, 6.45) is 5.14. The highest BCUT2D eigenvalue weighted by molar-refractivity contribution is 5.92. The summed E-state index contributed by atoms with van der Waals surface area (Å²) in [4.78, 5) is 11.7. The average molecular weight is 300 g/mol. The Bertz CT molecular complexity index is 663. The normalized spacial score (nSPS) is 16.9. The smallest absolute Gasteiger partial charge is 0.271 e. The molecule has 2 heterocycles. The van der Waals surface area contributed by atoms with Crippen LogP contribution in [0.25, 0.3) is 0 Å². The van der Waals surface area contributed by atoms with Gasteiger partial charge in [-0.25, -0.2) is 0 Å². The molecule has 0 aliphatic heterocycles. The molecular weight excluding hydrogens is 280 g/mol. The lowest BCUT2D eigenvalue weighted by molar-refractivity contribution is 0.0950. The largest absolute Gasteiger partial charge is 0.362 e. The minimum Gasteiger partial charge on any atom is -0.362 e. The van der Waals surface area contributed by atoms with Gasteiger partial charge in [-0.2, -0.15) is 5.10 Å². The standard InChI is InChI=1S/C15H20N6O/c1-3-16-15(22)12-7-8-14(20-19-12)18-11-5-4-6-13-10(11)9-17-21(13)2/h7-9,11H,3-6H2,1-2H3,(H,16,22)(H,18,20). The first-order chi connectivity index (χ1) is 10.7. The summed E-state index contributed by atoms with van der Waals surface area (Å²) in [7, 11) is 1.97. The van der Waals surface area contributed by atoms with Crippen molar-refractivity contribution >= 4 is 11.7 Å². The molecule has 0 fully saturated rings. The van der Waals surface area contributed by atoms with Crippen molar-refractivity contribution in [2.75, 3.05) is 11.9 Å². The Morgan fingerprint density at radius 2 is 2.27 bits per heavy atom. The number of anilines is 1. The predicted molar refractivity (Wildman–Crippen MR) is 82.5 cm³/mol. The van der Waals surface area contributed by atoms with E-state index < -0.39 is 0 Å². The van der Waals surface area contributed by atoms with Crippen LogP contribution in [0.5, 0.6) is 0 Å². The molecule has 0 spiro atoms. The Hall–Kier alpha value is -2.44. The van der Waals surface area contributed by atoms with Crippen molar-refractivity contribution in [3.63, 3.8) is 0 Å². The Labute approximate surface area is 129 Å². The first-order valence-electron chi connectivity index (χ1n) is 7.58. The van der Waals surface area contributed by atoms with Gasteiger partial charge in [0.25, 0.3) is 5.91 Å². The Morgan fingerprint density at radius 1 is 1.41 bits per heavy atom. The van der Waals surface area contributed by atoms with Crippen molar-refractivity contribution < 1.29 is 4.79 Å². The lowest BCUT2D eigenvalue weighted by Crippen LogP contribution is -2.24. The van der Waals surface area contributed by atoms with E-state index in [1.54, 1.807) is 12.1 Å². The third-order valence-electron chi connectivity index (χ3n) is 3.93. The number of aromatic nitrogens is 4. The van der Waals surface area contributed by atoms with Gasteiger partial charge >= 0.3 is 0 Å². The van der Waals surface area contributed by atoms with Crippen LogP contribution in [-0.4, -0.2) is 32.4 Å². The lowest BCUT2D eigenvalue weighted by atomic mass is 9.93. The fraction of sp³-hybridized carbons (Fsp3) is 0.467. The molecule has 3 rings (SSSR count). The molecule has 1 amide bonds. The second kappa shape index (κ2) is 6.13. The van der Waals surface area contributed by atoms with Crippen LogP contribution in [0.1, 0.15) is 47.6 Å². The van der Waals surface area contributed by atoms with Crippen molar-refractivity contribution in [2.24, 2.45) is 7.05 Å². The van der Waals surface area contributed by atoms with Crippen LogP contribution in [0.3, 0.4) is 0 Å². The molecule has 0 saturated carbocycles. The van der Waals surface area contributed by atoms with Gasteiger partial charge in [0, 0.05) is 24.8 Å². The molecule has 1 unspecified atom stereocenters. The van der Waals surface area contributed by atoms with Crippen LogP contribution in [0, 0.1) is 0 Å². The van der Waals surface area contributed by atoms with Crippen molar-refractivity contribution in [3.05, 3.63) is 35.3 Å². The number of amides is 1. The van der Waals surface area contributed by atoms with Crippen LogP contribution in [0.2, 0.25) is 0 Å². The minimum atomic E-state index is -0.200. The number of aryl methyl sites for hydroxylation is 1. The first kappa shape index (κ1) is 14.5. The van der Waals surface area contributed by atoms with E-state index in [4.69, 9.17) is 0 Å². The highest BCUT2D eigenvalue weighted by atomic mass is 16.1. The summed E-state index contributed by atoms with van der Waals surface area (Å²) in [5.41, 5.74) is 2.83. The Morgan fingerprint density at radius 3 is 3.00 bits per heavy atom. The van der Waals surface area contributed by atoms with Crippen LogP contribution >= 0.6 is 0 Å². The minimum absolute atomic E-state index is 0.196. The van der Waals surface area contributed by atoms with Crippen LogP contribution < -0.4 is 10.6 Å². The number of carbonyl (C=O) groups is 1. The first-order valence-corrected chi connectivity index (χ1v) is 7.58. The molecular formula is C15H20N6O. The van der Waals surface area contributed by atoms with Gasteiger partial charge < -0.3 is 10.6 Å². The highest BCUT2D eigenvalue weighted by Gasteiger charge is 2.23. The van der Waals surface area contributed by atoms with Crippen molar-refractivity contribution in [1.82, 2.24) is 25.3 Å². The monoisotopic (exact) mass is 300 g/mol. The van der Waals surface area contributed by atoms with Gasteiger partial charge in [0.1, 0.15) is 5.82 Å². The second-order valence-corrected chi connectivity index (χ2v) is 5.42. The zero-order chi connectivity index (χ0) is 15.5. The fourth-order valence-electron chi connectivity index (χ4n) is 2.82. The maximum Gasteiger partial charge on any atom is 0.271 e. The van der Waals surface area contributed by atoms with E-state index in [0.29, 0.717) is 18.1 Å². The predicted octanol–water partition coefficient (Wildman–Crippen LogP) is 1.45. The summed E-state index contributed by atoms with van der Waals surface area (Å²) in [5, 5.41) is 18.5. The maximum atomic E-state index is 11.7. The van der Waals surface area contributed by atoms with E-state index in [0.717, 1.165) is 19.3 Å². The molecule has 0 bridgehead atoms. The van der Waals surface area contributed by atoms with E-state index in [-0.39, 0.29) is 11.9 Å². The average Bonchev–Trinajstić information content (AvgIpc) is 2.91. The number of nitrogens with one attached hydrogen (secondary N) is 2. The molecule has 0 radical (unpaired) electrons. The number of nitrogens with zero attached hydrogens (tertiary/aromatic N) is 4. The number of hydrogen-bond donors (Lipinski definition) is 2. The van der Waals surface area contributed by atoms with E-state index in [1.807, 2.05) is 24.9 Å². The van der Waals surface area contributed by atoms with Gasteiger partial charge in [0.2, 0.25) is 0 Å². The maximum absolute atomic E-state index is 11.7. The zero-order valence-corrected chi connectivity index (χ0v) is 12.8. The molecule has 7 nitrogen and oxygen atoms in total. The summed E-state index contributed by atoms with van der Waals surface area (Å²) >= 11 is 0. The topological polar surface area (TPSA) is 84.7 Å². The Balaban J connectivity index is 1.73. The molecule has 2 aromatic heterocycles. The van der Waals surface area contributed by atoms with Gasteiger partial charge in [0.05, 0.1) is 12.2 Å². The molecule has 2 aromatic rings. The van der Waals surface area contributed by atoms with Crippen LogP contribution in [0.4, 0.5) is 5.82 Å².